The van der Waals surface area contributed by atoms with Crippen molar-refractivity contribution in [1.82, 2.24) is 9.88 Å². The average Bonchev–Trinajstić information content (AvgIpc) is 2.98. The van der Waals surface area contributed by atoms with E-state index in [0.717, 1.165) is 12.1 Å². The minimum absolute atomic E-state index is 0.0334. The van der Waals surface area contributed by atoms with E-state index in [1.807, 2.05) is 23.6 Å². The predicted molar refractivity (Wildman–Crippen MR) is 81.3 cm³/mol. The molecule has 20 heavy (non-hydrogen) atoms. The van der Waals surface area contributed by atoms with Gasteiger partial charge in [0, 0.05) is 12.4 Å². The second-order valence-electron chi connectivity index (χ2n) is 4.80. The van der Waals surface area contributed by atoms with Crippen LogP contribution in [0.15, 0.2) is 41.2 Å². The van der Waals surface area contributed by atoms with Gasteiger partial charge >= 0.3 is 0 Å². The molecule has 0 aliphatic carbocycles. The van der Waals surface area contributed by atoms with Gasteiger partial charge in [-0.25, -0.2) is 4.98 Å². The summed E-state index contributed by atoms with van der Waals surface area (Å²) >= 11 is 1.53. The Labute approximate surface area is 123 Å². The second kappa shape index (κ2) is 7.17. The van der Waals surface area contributed by atoms with E-state index in [1.165, 1.54) is 16.9 Å². The molecule has 0 bridgehead atoms. The summed E-state index contributed by atoms with van der Waals surface area (Å²) in [5, 5.41) is 1.94. The lowest BCUT2D eigenvalue weighted by atomic mass is 10.1. The van der Waals surface area contributed by atoms with Crippen molar-refractivity contribution in [2.24, 2.45) is 5.73 Å². The Balaban J connectivity index is 1.82. The molecule has 1 atom stereocenters. The number of aryl methyl sites for hydroxylation is 1. The Morgan fingerprint density at radius 3 is 2.80 bits per heavy atom. The van der Waals surface area contributed by atoms with Gasteiger partial charge in [0.2, 0.25) is 5.91 Å². The number of benzene rings is 1. The molecule has 2 aromatic rings. The molecular weight excluding hydrogens is 270 g/mol. The Bertz CT molecular complexity index is 527. The van der Waals surface area contributed by atoms with Crippen molar-refractivity contribution < 1.29 is 4.79 Å². The molecule has 0 saturated heterocycles. The van der Waals surface area contributed by atoms with E-state index in [1.54, 1.807) is 17.5 Å². The number of likely N-dealkylation sites (N-methyl/N-ethyl adjacent to an activating group) is 1. The summed E-state index contributed by atoms with van der Waals surface area (Å²) in [5.74, 6) is -0.0334. The minimum atomic E-state index is -0.459. The van der Waals surface area contributed by atoms with Gasteiger partial charge in [-0.3, -0.25) is 4.79 Å². The lowest BCUT2D eigenvalue weighted by Gasteiger charge is -2.20. The number of nitrogens with two attached hydrogens (primary N) is 1. The van der Waals surface area contributed by atoms with Crippen LogP contribution in [-0.4, -0.2) is 28.9 Å². The fourth-order valence-electron chi connectivity index (χ4n) is 2.01. The monoisotopic (exact) mass is 289 g/mol. The molecule has 2 N–H and O–H groups in total. The Morgan fingerprint density at radius 1 is 1.40 bits per heavy atom. The molecule has 1 heterocycles. The van der Waals surface area contributed by atoms with Gasteiger partial charge in [-0.15, -0.1) is 11.3 Å². The standard InChI is InChI=1S/C15H19N3OS/c1-18(9-13-10-20-11-17-13)15(19)14(16)8-7-12-5-3-2-4-6-12/h2-6,10-11,14H,7-9,16H2,1H3. The van der Waals surface area contributed by atoms with Crippen LogP contribution in [0.2, 0.25) is 0 Å². The van der Waals surface area contributed by atoms with Crippen molar-refractivity contribution in [3.8, 4) is 0 Å². The van der Waals surface area contributed by atoms with Gasteiger partial charge in [-0.05, 0) is 18.4 Å². The van der Waals surface area contributed by atoms with Crippen LogP contribution in [0.4, 0.5) is 0 Å². The van der Waals surface area contributed by atoms with Crippen LogP contribution in [0, 0.1) is 0 Å². The number of carbonyl (C=O) groups excluding carboxylic acids is 1. The van der Waals surface area contributed by atoms with E-state index >= 15 is 0 Å². The molecule has 0 spiro atoms. The van der Waals surface area contributed by atoms with Gasteiger partial charge in [0.25, 0.3) is 0 Å². The van der Waals surface area contributed by atoms with Crippen molar-refractivity contribution >= 4 is 17.2 Å². The van der Waals surface area contributed by atoms with Gasteiger partial charge in [-0.2, -0.15) is 0 Å². The van der Waals surface area contributed by atoms with Gasteiger partial charge in [0.05, 0.1) is 23.8 Å². The summed E-state index contributed by atoms with van der Waals surface area (Å²) in [4.78, 5) is 18.0. The van der Waals surface area contributed by atoms with E-state index < -0.39 is 6.04 Å². The normalized spacial score (nSPS) is 12.1. The molecule has 0 saturated carbocycles. The van der Waals surface area contributed by atoms with Crippen molar-refractivity contribution in [1.29, 1.82) is 0 Å². The van der Waals surface area contributed by atoms with E-state index in [2.05, 4.69) is 17.1 Å². The third-order valence-electron chi connectivity index (χ3n) is 3.16. The highest BCUT2D eigenvalue weighted by Crippen LogP contribution is 2.08. The van der Waals surface area contributed by atoms with Crippen molar-refractivity contribution in [3.63, 3.8) is 0 Å². The number of nitrogens with zero attached hydrogens (tertiary/aromatic N) is 2. The third-order valence-corrected chi connectivity index (χ3v) is 3.80. The second-order valence-corrected chi connectivity index (χ2v) is 5.52. The number of carbonyl (C=O) groups is 1. The zero-order valence-corrected chi connectivity index (χ0v) is 12.3. The van der Waals surface area contributed by atoms with Crippen LogP contribution < -0.4 is 5.73 Å². The van der Waals surface area contributed by atoms with Crippen LogP contribution in [0.25, 0.3) is 0 Å². The summed E-state index contributed by atoms with van der Waals surface area (Å²) < 4.78 is 0. The lowest BCUT2D eigenvalue weighted by molar-refractivity contribution is -0.132. The van der Waals surface area contributed by atoms with E-state index in [9.17, 15) is 4.79 Å². The number of amides is 1. The summed E-state index contributed by atoms with van der Waals surface area (Å²) in [6, 6.07) is 9.62. The zero-order chi connectivity index (χ0) is 14.4. The fourth-order valence-corrected chi connectivity index (χ4v) is 2.56. The van der Waals surface area contributed by atoms with Crippen LogP contribution in [-0.2, 0) is 17.8 Å². The van der Waals surface area contributed by atoms with Crippen molar-refractivity contribution in [2.75, 3.05) is 7.05 Å². The molecule has 0 radical (unpaired) electrons. The highest BCUT2D eigenvalue weighted by molar-refractivity contribution is 7.07. The predicted octanol–water partition coefficient (Wildman–Crippen LogP) is 2.06. The molecule has 0 fully saturated rings. The molecule has 0 aliphatic rings. The Hall–Kier alpha value is -1.72. The number of hydrogen-bond acceptors (Lipinski definition) is 4. The number of rotatable bonds is 6. The van der Waals surface area contributed by atoms with E-state index in [0.29, 0.717) is 13.0 Å². The number of aromatic nitrogens is 1. The van der Waals surface area contributed by atoms with Gasteiger partial charge in [0.15, 0.2) is 0 Å². The molecule has 1 unspecified atom stereocenters. The third kappa shape index (κ3) is 4.15. The molecule has 0 aliphatic heterocycles. The summed E-state index contributed by atoms with van der Waals surface area (Å²) in [7, 11) is 1.77. The average molecular weight is 289 g/mol. The maximum Gasteiger partial charge on any atom is 0.239 e. The first-order chi connectivity index (χ1) is 9.66. The van der Waals surface area contributed by atoms with Crippen LogP contribution in [0.3, 0.4) is 0 Å². The minimum Gasteiger partial charge on any atom is -0.338 e. The quantitative estimate of drug-likeness (QED) is 0.885. The topological polar surface area (TPSA) is 59.2 Å². The van der Waals surface area contributed by atoms with Gasteiger partial charge in [-0.1, -0.05) is 30.3 Å². The highest BCUT2D eigenvalue weighted by atomic mass is 32.1. The number of thiazole rings is 1. The Kier molecular flexibility index (Phi) is 5.26. The summed E-state index contributed by atoms with van der Waals surface area (Å²) in [6.07, 6.45) is 1.47. The summed E-state index contributed by atoms with van der Waals surface area (Å²) in [6.45, 7) is 0.515. The molecule has 1 aromatic carbocycles. The first-order valence-electron chi connectivity index (χ1n) is 6.58. The van der Waals surface area contributed by atoms with Gasteiger partial charge < -0.3 is 10.6 Å². The van der Waals surface area contributed by atoms with Crippen LogP contribution in [0.1, 0.15) is 17.7 Å². The molecule has 1 amide bonds. The van der Waals surface area contributed by atoms with E-state index in [4.69, 9.17) is 5.73 Å². The first kappa shape index (κ1) is 14.7. The van der Waals surface area contributed by atoms with Crippen molar-refractivity contribution in [3.05, 3.63) is 52.5 Å². The van der Waals surface area contributed by atoms with Gasteiger partial charge in [0.1, 0.15) is 0 Å². The highest BCUT2D eigenvalue weighted by Gasteiger charge is 2.18. The fraction of sp³-hybridized carbons (Fsp3) is 0.333. The SMILES string of the molecule is CN(Cc1cscn1)C(=O)C(N)CCc1ccccc1. The maximum atomic E-state index is 12.2. The Morgan fingerprint density at radius 2 is 2.15 bits per heavy atom. The largest absolute Gasteiger partial charge is 0.338 e. The zero-order valence-electron chi connectivity index (χ0n) is 11.5. The van der Waals surface area contributed by atoms with E-state index in [-0.39, 0.29) is 5.91 Å². The summed E-state index contributed by atoms with van der Waals surface area (Å²) in [5.41, 5.74) is 9.86. The molecule has 5 heteroatoms. The molecule has 1 aromatic heterocycles. The first-order valence-corrected chi connectivity index (χ1v) is 7.52. The molecular formula is C15H19N3OS. The van der Waals surface area contributed by atoms with Crippen LogP contribution >= 0.6 is 11.3 Å². The molecule has 4 nitrogen and oxygen atoms in total. The lowest BCUT2D eigenvalue weighted by Crippen LogP contribution is -2.41. The molecule has 2 rings (SSSR count). The molecule has 106 valence electrons. The van der Waals surface area contributed by atoms with Crippen molar-refractivity contribution in [2.45, 2.75) is 25.4 Å². The smallest absolute Gasteiger partial charge is 0.239 e. The maximum absolute atomic E-state index is 12.2. The number of hydrogen-bond donors (Lipinski definition) is 1. The van der Waals surface area contributed by atoms with Crippen LogP contribution in [0.5, 0.6) is 0 Å².